The highest BCUT2D eigenvalue weighted by Crippen LogP contribution is 2.32. The zero-order chi connectivity index (χ0) is 12.4. The molecule has 2 rings (SSSR count). The number of rotatable bonds is 2. The molecule has 17 heavy (non-hydrogen) atoms. The molecule has 1 aromatic rings. The summed E-state index contributed by atoms with van der Waals surface area (Å²) in [6.07, 6.45) is 0.838. The van der Waals surface area contributed by atoms with Crippen molar-refractivity contribution in [1.29, 1.82) is 0 Å². The maximum atomic E-state index is 11.9. The predicted octanol–water partition coefficient (Wildman–Crippen LogP) is 3.19. The fraction of sp³-hybridized carbons (Fsp3) is 0.364. The van der Waals surface area contributed by atoms with Gasteiger partial charge < -0.3 is 10.6 Å². The van der Waals surface area contributed by atoms with Gasteiger partial charge in [-0.1, -0.05) is 34.8 Å². The fourth-order valence-electron chi connectivity index (χ4n) is 1.73. The van der Waals surface area contributed by atoms with Gasteiger partial charge in [0.2, 0.25) is 5.91 Å². The zero-order valence-electron chi connectivity index (χ0n) is 8.90. The van der Waals surface area contributed by atoms with E-state index in [1.165, 1.54) is 6.07 Å². The van der Waals surface area contributed by atoms with Crippen molar-refractivity contribution in [3.63, 3.8) is 0 Å². The van der Waals surface area contributed by atoms with Crippen LogP contribution in [0.2, 0.25) is 15.1 Å². The summed E-state index contributed by atoms with van der Waals surface area (Å²) in [5.41, 5.74) is 0.498. The normalized spacial score (nSPS) is 19.4. The van der Waals surface area contributed by atoms with Crippen molar-refractivity contribution >= 4 is 46.4 Å². The minimum Gasteiger partial charge on any atom is -0.324 e. The summed E-state index contributed by atoms with van der Waals surface area (Å²) < 4.78 is 0. The summed E-state index contributed by atoms with van der Waals surface area (Å²) in [5, 5.41) is 7.03. The molecule has 6 heteroatoms. The average molecular weight is 294 g/mol. The summed E-state index contributed by atoms with van der Waals surface area (Å²) in [6, 6.07) is 3.08. The van der Waals surface area contributed by atoms with Gasteiger partial charge >= 0.3 is 0 Å². The molecule has 1 atom stereocenters. The molecule has 1 heterocycles. The zero-order valence-corrected chi connectivity index (χ0v) is 11.2. The smallest absolute Gasteiger partial charge is 0.228 e. The van der Waals surface area contributed by atoms with Crippen LogP contribution in [0, 0.1) is 5.92 Å². The molecule has 1 saturated heterocycles. The van der Waals surface area contributed by atoms with Crippen LogP contribution in [-0.4, -0.2) is 19.0 Å². The van der Waals surface area contributed by atoms with E-state index in [0.717, 1.165) is 13.0 Å². The lowest BCUT2D eigenvalue weighted by Gasteiger charge is -2.12. The molecule has 3 nitrogen and oxygen atoms in total. The molecule has 1 amide bonds. The second-order valence-corrected chi connectivity index (χ2v) is 5.15. The van der Waals surface area contributed by atoms with Gasteiger partial charge in [-0.05, 0) is 25.1 Å². The molecule has 0 radical (unpaired) electrons. The van der Waals surface area contributed by atoms with E-state index in [4.69, 9.17) is 34.8 Å². The molecule has 0 saturated carbocycles. The number of amides is 1. The quantitative estimate of drug-likeness (QED) is 0.822. The van der Waals surface area contributed by atoms with Crippen molar-refractivity contribution in [2.24, 2.45) is 5.92 Å². The lowest BCUT2D eigenvalue weighted by atomic mass is 10.1. The Labute approximate surface area is 114 Å². The van der Waals surface area contributed by atoms with Crippen LogP contribution in [0.25, 0.3) is 0 Å². The molecule has 1 aliphatic heterocycles. The first-order chi connectivity index (χ1) is 8.08. The number of benzene rings is 1. The molecule has 0 bridgehead atoms. The Kier molecular flexibility index (Phi) is 4.15. The van der Waals surface area contributed by atoms with Crippen LogP contribution >= 0.6 is 34.8 Å². The van der Waals surface area contributed by atoms with Crippen molar-refractivity contribution in [3.8, 4) is 0 Å². The second kappa shape index (κ2) is 5.44. The van der Waals surface area contributed by atoms with Crippen molar-refractivity contribution in [1.82, 2.24) is 5.32 Å². The molecular formula is C11H11Cl3N2O. The predicted molar refractivity (Wildman–Crippen MR) is 71.1 cm³/mol. The minimum absolute atomic E-state index is 0.0134. The monoisotopic (exact) mass is 292 g/mol. The molecule has 0 aliphatic carbocycles. The van der Waals surface area contributed by atoms with Gasteiger partial charge in [0, 0.05) is 6.54 Å². The van der Waals surface area contributed by atoms with Gasteiger partial charge in [-0.3, -0.25) is 4.79 Å². The second-order valence-electron chi connectivity index (χ2n) is 3.93. The number of anilines is 1. The molecule has 0 spiro atoms. The van der Waals surface area contributed by atoms with Crippen molar-refractivity contribution < 1.29 is 4.79 Å². The van der Waals surface area contributed by atoms with Gasteiger partial charge in [-0.2, -0.15) is 0 Å². The Hall–Kier alpha value is -0.480. The highest BCUT2D eigenvalue weighted by molar-refractivity contribution is 6.44. The van der Waals surface area contributed by atoms with E-state index in [1.54, 1.807) is 6.07 Å². The summed E-state index contributed by atoms with van der Waals surface area (Å²) in [7, 11) is 0. The first-order valence-electron chi connectivity index (χ1n) is 5.24. The van der Waals surface area contributed by atoms with Gasteiger partial charge in [0.1, 0.15) is 0 Å². The third kappa shape index (κ3) is 3.05. The highest BCUT2D eigenvalue weighted by Gasteiger charge is 2.23. The van der Waals surface area contributed by atoms with E-state index in [0.29, 0.717) is 27.3 Å². The minimum atomic E-state index is -0.0460. The SMILES string of the molecule is O=C(Nc1cc(Cl)c(Cl)cc1Cl)C1CCNC1. The topological polar surface area (TPSA) is 41.1 Å². The van der Waals surface area contributed by atoms with E-state index in [2.05, 4.69) is 10.6 Å². The first-order valence-corrected chi connectivity index (χ1v) is 6.37. The van der Waals surface area contributed by atoms with Crippen LogP contribution in [0.15, 0.2) is 12.1 Å². The van der Waals surface area contributed by atoms with Crippen LogP contribution in [0.5, 0.6) is 0 Å². The van der Waals surface area contributed by atoms with Gasteiger partial charge in [-0.15, -0.1) is 0 Å². The molecule has 1 aromatic carbocycles. The first kappa shape index (κ1) is 13.0. The lowest BCUT2D eigenvalue weighted by Crippen LogP contribution is -2.24. The van der Waals surface area contributed by atoms with Gasteiger partial charge in [-0.25, -0.2) is 0 Å². The fourth-order valence-corrected chi connectivity index (χ4v) is 2.33. The Morgan fingerprint density at radius 3 is 2.59 bits per heavy atom. The van der Waals surface area contributed by atoms with Crippen LogP contribution in [0.3, 0.4) is 0 Å². The van der Waals surface area contributed by atoms with E-state index < -0.39 is 0 Å². The number of halogens is 3. The third-order valence-electron chi connectivity index (χ3n) is 2.70. The van der Waals surface area contributed by atoms with Crippen molar-refractivity contribution in [3.05, 3.63) is 27.2 Å². The van der Waals surface area contributed by atoms with E-state index >= 15 is 0 Å². The number of carbonyl (C=O) groups is 1. The standard InChI is InChI=1S/C11H11Cl3N2O/c12-7-3-9(14)10(4-8(7)13)16-11(17)6-1-2-15-5-6/h3-4,6,15H,1-2,5H2,(H,16,17). The summed E-state index contributed by atoms with van der Waals surface area (Å²) in [4.78, 5) is 11.9. The van der Waals surface area contributed by atoms with Crippen LogP contribution in [0.4, 0.5) is 5.69 Å². The molecule has 2 N–H and O–H groups in total. The Balaban J connectivity index is 2.12. The van der Waals surface area contributed by atoms with Crippen molar-refractivity contribution in [2.75, 3.05) is 18.4 Å². The Bertz CT molecular complexity index is 445. The number of nitrogens with one attached hydrogen (secondary N) is 2. The number of hydrogen-bond acceptors (Lipinski definition) is 2. The van der Waals surface area contributed by atoms with Crippen LogP contribution in [0.1, 0.15) is 6.42 Å². The van der Waals surface area contributed by atoms with Crippen LogP contribution in [-0.2, 0) is 4.79 Å². The summed E-state index contributed by atoms with van der Waals surface area (Å²) in [6.45, 7) is 1.57. The summed E-state index contributed by atoms with van der Waals surface area (Å²) in [5.74, 6) is -0.0594. The number of hydrogen-bond donors (Lipinski definition) is 2. The highest BCUT2D eigenvalue weighted by atomic mass is 35.5. The average Bonchev–Trinajstić information content (AvgIpc) is 2.79. The lowest BCUT2D eigenvalue weighted by molar-refractivity contribution is -0.119. The maximum Gasteiger partial charge on any atom is 0.228 e. The molecule has 0 aromatic heterocycles. The maximum absolute atomic E-state index is 11.9. The van der Waals surface area contributed by atoms with Crippen molar-refractivity contribution in [2.45, 2.75) is 6.42 Å². The van der Waals surface area contributed by atoms with Gasteiger partial charge in [0.05, 0.1) is 26.7 Å². The molecule has 1 unspecified atom stereocenters. The van der Waals surface area contributed by atoms with E-state index in [1.807, 2.05) is 0 Å². The summed E-state index contributed by atoms with van der Waals surface area (Å²) >= 11 is 17.7. The number of carbonyl (C=O) groups excluding carboxylic acids is 1. The Morgan fingerprint density at radius 2 is 1.94 bits per heavy atom. The molecule has 1 aliphatic rings. The van der Waals surface area contributed by atoms with Gasteiger partial charge in [0.15, 0.2) is 0 Å². The van der Waals surface area contributed by atoms with Crippen LogP contribution < -0.4 is 10.6 Å². The van der Waals surface area contributed by atoms with Gasteiger partial charge in [0.25, 0.3) is 0 Å². The molecule has 92 valence electrons. The Morgan fingerprint density at radius 1 is 1.24 bits per heavy atom. The third-order valence-corrected chi connectivity index (χ3v) is 3.73. The van der Waals surface area contributed by atoms with E-state index in [-0.39, 0.29) is 11.8 Å². The van der Waals surface area contributed by atoms with E-state index in [9.17, 15) is 4.79 Å². The molecule has 1 fully saturated rings. The molecular weight excluding hydrogens is 282 g/mol. The largest absolute Gasteiger partial charge is 0.324 e.